The molecule has 1 fully saturated rings. The van der Waals surface area contributed by atoms with Gasteiger partial charge in [0.05, 0.1) is 12.4 Å². The fourth-order valence-electron chi connectivity index (χ4n) is 2.72. The van der Waals surface area contributed by atoms with Crippen molar-refractivity contribution in [3.05, 3.63) is 12.5 Å². The van der Waals surface area contributed by atoms with Gasteiger partial charge in [-0.05, 0) is 32.6 Å². The molecule has 0 saturated heterocycles. The molecule has 21 heavy (non-hydrogen) atoms. The average Bonchev–Trinajstić information content (AvgIpc) is 2.91. The summed E-state index contributed by atoms with van der Waals surface area (Å²) in [6, 6.07) is 0.173. The van der Waals surface area contributed by atoms with E-state index in [0.29, 0.717) is 6.54 Å². The van der Waals surface area contributed by atoms with Crippen LogP contribution in [0.15, 0.2) is 17.6 Å². The Hall–Kier alpha value is -0.920. The first-order chi connectivity index (χ1) is 9.82. The van der Waals surface area contributed by atoms with Crippen molar-refractivity contribution in [2.45, 2.75) is 56.7 Å². The summed E-state index contributed by atoms with van der Waals surface area (Å²) >= 11 is 0. The predicted octanol–water partition coefficient (Wildman–Crippen LogP) is 1.64. The lowest BCUT2D eigenvalue weighted by Gasteiger charge is -2.30. The van der Waals surface area contributed by atoms with Gasteiger partial charge in [0.1, 0.15) is 0 Å². The summed E-state index contributed by atoms with van der Waals surface area (Å²) in [4.78, 5) is 4.01. The van der Waals surface area contributed by atoms with Crippen molar-refractivity contribution < 1.29 is 13.5 Å². The zero-order valence-electron chi connectivity index (χ0n) is 12.9. The van der Waals surface area contributed by atoms with E-state index < -0.39 is 16.1 Å². The SMILES string of the molecule is CC(C)n1cnc(S(=O)(=O)N(C)CC2CCCCC2O)c1. The van der Waals surface area contributed by atoms with Crippen LogP contribution in [0.2, 0.25) is 0 Å². The number of rotatable bonds is 5. The number of aromatic nitrogens is 2. The van der Waals surface area contributed by atoms with Gasteiger partial charge in [-0.3, -0.25) is 0 Å². The van der Waals surface area contributed by atoms with Crippen molar-refractivity contribution in [1.29, 1.82) is 0 Å². The standard InChI is InChI=1S/C14H25N3O3S/c1-11(2)17-9-14(15-10-17)21(19,20)16(3)8-12-6-4-5-7-13(12)18/h9-13,18H,4-8H2,1-3H3. The topological polar surface area (TPSA) is 75.4 Å². The number of imidazole rings is 1. The largest absolute Gasteiger partial charge is 0.393 e. The van der Waals surface area contributed by atoms with Crippen molar-refractivity contribution in [1.82, 2.24) is 13.9 Å². The summed E-state index contributed by atoms with van der Waals surface area (Å²) in [6.07, 6.45) is 6.42. The zero-order chi connectivity index (χ0) is 15.6. The van der Waals surface area contributed by atoms with Crippen LogP contribution in [0.25, 0.3) is 0 Å². The second-order valence-corrected chi connectivity index (χ2v) is 8.14. The Morgan fingerprint density at radius 1 is 1.43 bits per heavy atom. The molecule has 0 radical (unpaired) electrons. The second-order valence-electron chi connectivity index (χ2n) is 6.15. The lowest BCUT2D eigenvalue weighted by Crippen LogP contribution is -2.38. The first-order valence-electron chi connectivity index (χ1n) is 7.50. The molecule has 2 rings (SSSR count). The maximum Gasteiger partial charge on any atom is 0.261 e. The summed E-state index contributed by atoms with van der Waals surface area (Å²) in [6.45, 7) is 4.29. The number of aliphatic hydroxyl groups excluding tert-OH is 1. The van der Waals surface area contributed by atoms with Crippen molar-refractivity contribution in [2.75, 3.05) is 13.6 Å². The van der Waals surface area contributed by atoms with Gasteiger partial charge in [0.25, 0.3) is 10.0 Å². The second kappa shape index (κ2) is 6.46. The molecule has 2 unspecified atom stereocenters. The third-order valence-electron chi connectivity index (χ3n) is 4.21. The minimum absolute atomic E-state index is 0.0192. The van der Waals surface area contributed by atoms with Crippen molar-refractivity contribution in [3.8, 4) is 0 Å². The molecule has 120 valence electrons. The lowest BCUT2D eigenvalue weighted by atomic mass is 9.86. The molecule has 1 heterocycles. The normalized spacial score (nSPS) is 23.9. The van der Waals surface area contributed by atoms with Crippen molar-refractivity contribution in [2.24, 2.45) is 5.92 Å². The lowest BCUT2D eigenvalue weighted by molar-refractivity contribution is 0.0620. The van der Waals surface area contributed by atoms with Gasteiger partial charge in [-0.15, -0.1) is 0 Å². The monoisotopic (exact) mass is 315 g/mol. The first-order valence-corrected chi connectivity index (χ1v) is 8.94. The molecule has 6 nitrogen and oxygen atoms in total. The summed E-state index contributed by atoms with van der Waals surface area (Å²) in [5.74, 6) is 0.0192. The molecule has 1 aromatic heterocycles. The highest BCUT2D eigenvalue weighted by Crippen LogP contribution is 2.26. The van der Waals surface area contributed by atoms with Crippen molar-refractivity contribution in [3.63, 3.8) is 0 Å². The summed E-state index contributed by atoms with van der Waals surface area (Å²) in [5, 5.41) is 10.1. The van der Waals surface area contributed by atoms with Crippen LogP contribution in [0.4, 0.5) is 0 Å². The Morgan fingerprint density at radius 3 is 2.67 bits per heavy atom. The molecule has 7 heteroatoms. The van der Waals surface area contributed by atoms with E-state index in [1.807, 2.05) is 13.8 Å². The molecule has 0 amide bonds. The highest BCUT2D eigenvalue weighted by Gasteiger charge is 2.30. The van der Waals surface area contributed by atoms with Crippen molar-refractivity contribution >= 4 is 10.0 Å². The Labute approximate surface area is 126 Å². The molecule has 0 aromatic carbocycles. The van der Waals surface area contributed by atoms with Crippen LogP contribution in [0.3, 0.4) is 0 Å². The van der Waals surface area contributed by atoms with Gasteiger partial charge in [-0.25, -0.2) is 13.4 Å². The number of sulfonamides is 1. The molecule has 2 atom stereocenters. The fraction of sp³-hybridized carbons (Fsp3) is 0.786. The molecule has 1 saturated carbocycles. The van der Waals surface area contributed by atoms with Gasteiger partial charge in [-0.2, -0.15) is 4.31 Å². The maximum absolute atomic E-state index is 12.5. The zero-order valence-corrected chi connectivity index (χ0v) is 13.8. The van der Waals surface area contributed by atoms with Crippen LogP contribution in [-0.2, 0) is 10.0 Å². The van der Waals surface area contributed by atoms with Gasteiger partial charge in [0.15, 0.2) is 5.03 Å². The van der Waals surface area contributed by atoms with Crippen LogP contribution in [0, 0.1) is 5.92 Å². The molecule has 1 N–H and O–H groups in total. The molecule has 1 aromatic rings. The van der Waals surface area contributed by atoms with E-state index in [-0.39, 0.29) is 17.0 Å². The molecule has 1 aliphatic rings. The average molecular weight is 315 g/mol. The fourth-order valence-corrected chi connectivity index (χ4v) is 3.86. The molecule has 0 aliphatic heterocycles. The Balaban J connectivity index is 2.10. The van der Waals surface area contributed by atoms with Gasteiger partial charge >= 0.3 is 0 Å². The van der Waals surface area contributed by atoms with Crippen LogP contribution in [0.1, 0.15) is 45.6 Å². The third kappa shape index (κ3) is 3.64. The number of nitrogens with zero attached hydrogens (tertiary/aromatic N) is 3. The van der Waals surface area contributed by atoms with E-state index in [0.717, 1.165) is 25.7 Å². The highest BCUT2D eigenvalue weighted by molar-refractivity contribution is 7.89. The molecular weight excluding hydrogens is 290 g/mol. The number of hydrogen-bond donors (Lipinski definition) is 1. The molecule has 1 aliphatic carbocycles. The smallest absolute Gasteiger partial charge is 0.261 e. The minimum atomic E-state index is -3.58. The van der Waals surface area contributed by atoms with Gasteiger partial charge < -0.3 is 9.67 Å². The van der Waals surface area contributed by atoms with E-state index >= 15 is 0 Å². The Kier molecular flexibility index (Phi) is 5.06. The first kappa shape index (κ1) is 16.5. The molecule has 0 spiro atoms. The Bertz CT molecular complexity index is 568. The summed E-state index contributed by atoms with van der Waals surface area (Å²) in [5.41, 5.74) is 0. The van der Waals surface area contributed by atoms with Gasteiger partial charge in [0.2, 0.25) is 0 Å². The summed E-state index contributed by atoms with van der Waals surface area (Å²) < 4.78 is 28.1. The minimum Gasteiger partial charge on any atom is -0.393 e. The number of hydrogen-bond acceptors (Lipinski definition) is 4. The maximum atomic E-state index is 12.5. The summed E-state index contributed by atoms with van der Waals surface area (Å²) in [7, 11) is -2.02. The van der Waals surface area contributed by atoms with Crippen LogP contribution >= 0.6 is 0 Å². The third-order valence-corrected chi connectivity index (χ3v) is 5.92. The predicted molar refractivity (Wildman–Crippen MR) is 80.4 cm³/mol. The quantitative estimate of drug-likeness (QED) is 0.896. The number of aliphatic hydroxyl groups is 1. The van der Waals surface area contributed by atoms with Crippen LogP contribution < -0.4 is 0 Å². The van der Waals surface area contributed by atoms with E-state index in [4.69, 9.17) is 0 Å². The van der Waals surface area contributed by atoms with Gasteiger partial charge in [-0.1, -0.05) is 12.8 Å². The Morgan fingerprint density at radius 2 is 2.10 bits per heavy atom. The van der Waals surface area contributed by atoms with Crippen LogP contribution in [0.5, 0.6) is 0 Å². The molecule has 0 bridgehead atoms. The molecular formula is C14H25N3O3S. The van der Waals surface area contributed by atoms with E-state index in [1.165, 1.54) is 4.31 Å². The van der Waals surface area contributed by atoms with E-state index in [9.17, 15) is 13.5 Å². The van der Waals surface area contributed by atoms with Gasteiger partial charge in [0, 0.05) is 25.8 Å². The van der Waals surface area contributed by atoms with E-state index in [2.05, 4.69) is 4.98 Å². The van der Waals surface area contributed by atoms with Crippen LogP contribution in [-0.4, -0.2) is 47.1 Å². The highest BCUT2D eigenvalue weighted by atomic mass is 32.2. The van der Waals surface area contributed by atoms with E-state index in [1.54, 1.807) is 24.1 Å².